The number of nitrogens with two attached hydrogens (primary N) is 1. The second-order valence-corrected chi connectivity index (χ2v) is 5.30. The molecule has 1 aromatic heterocycles. The van der Waals surface area contributed by atoms with Crippen molar-refractivity contribution in [2.75, 3.05) is 30.0 Å². The molecule has 0 spiro atoms. The summed E-state index contributed by atoms with van der Waals surface area (Å²) in [5, 5.41) is 2.87. The van der Waals surface area contributed by atoms with Crippen molar-refractivity contribution in [2.45, 2.75) is 33.1 Å². The highest BCUT2D eigenvalue weighted by Gasteiger charge is 2.21. The molecule has 0 radical (unpaired) electrons. The van der Waals surface area contributed by atoms with E-state index in [4.69, 9.17) is 5.84 Å². The molecule has 1 aromatic rings. The number of rotatable bonds is 3. The Kier molecular flexibility index (Phi) is 4.39. The summed E-state index contributed by atoms with van der Waals surface area (Å²) in [5.74, 6) is 7.88. The molecule has 0 unspecified atom stereocenters. The van der Waals surface area contributed by atoms with Crippen molar-refractivity contribution in [1.29, 1.82) is 0 Å². The van der Waals surface area contributed by atoms with Crippen LogP contribution in [0.5, 0.6) is 0 Å². The fraction of sp³-hybridized carbons (Fsp3) is 0.615. The molecule has 1 aliphatic heterocycles. The van der Waals surface area contributed by atoms with Gasteiger partial charge < -0.3 is 15.6 Å². The number of carbonyl (C=O) groups is 1. The van der Waals surface area contributed by atoms with Crippen LogP contribution in [0, 0.1) is 6.92 Å². The Labute approximate surface area is 118 Å². The number of nitrogen functional groups attached to an aromatic ring is 1. The van der Waals surface area contributed by atoms with E-state index in [0.717, 1.165) is 30.2 Å². The lowest BCUT2D eigenvalue weighted by Gasteiger charge is -2.24. The van der Waals surface area contributed by atoms with Crippen molar-refractivity contribution in [3.63, 3.8) is 0 Å². The lowest BCUT2D eigenvalue weighted by Crippen LogP contribution is -2.34. The lowest BCUT2D eigenvalue weighted by molar-refractivity contribution is -0.119. The molecular weight excluding hydrogens is 256 g/mol. The van der Waals surface area contributed by atoms with Gasteiger partial charge in [0.1, 0.15) is 17.5 Å². The number of nitrogens with zero attached hydrogens (tertiary/aromatic N) is 3. The highest BCUT2D eigenvalue weighted by molar-refractivity contribution is 5.82. The largest absolute Gasteiger partial charge is 0.354 e. The Hall–Kier alpha value is -1.89. The van der Waals surface area contributed by atoms with Gasteiger partial charge in [-0.15, -0.1) is 0 Å². The summed E-state index contributed by atoms with van der Waals surface area (Å²) in [6.07, 6.45) is 0.900. The third-order valence-corrected chi connectivity index (χ3v) is 3.35. The molecule has 110 valence electrons. The molecule has 0 atom stereocenters. The standard InChI is InChI=1S/C13H22N6O/c1-8(2)11-16-12(18-14)9(3)13(17-11)19-6-4-5-15-10(20)7-19/h8H,4-7,14H2,1-3H3,(H,15,20)(H,16,17,18). The quantitative estimate of drug-likeness (QED) is 0.551. The van der Waals surface area contributed by atoms with Crippen molar-refractivity contribution >= 4 is 17.5 Å². The summed E-state index contributed by atoms with van der Waals surface area (Å²) in [6, 6.07) is 0. The Morgan fingerprint density at radius 2 is 2.15 bits per heavy atom. The average molecular weight is 278 g/mol. The van der Waals surface area contributed by atoms with Gasteiger partial charge >= 0.3 is 0 Å². The molecule has 20 heavy (non-hydrogen) atoms. The van der Waals surface area contributed by atoms with Gasteiger partial charge in [0.25, 0.3) is 0 Å². The van der Waals surface area contributed by atoms with Crippen LogP contribution in [0.3, 0.4) is 0 Å². The van der Waals surface area contributed by atoms with Crippen LogP contribution in [0.1, 0.15) is 37.6 Å². The lowest BCUT2D eigenvalue weighted by atomic mass is 10.2. The zero-order valence-corrected chi connectivity index (χ0v) is 12.2. The number of carbonyl (C=O) groups excluding carboxylic acids is 1. The summed E-state index contributed by atoms with van der Waals surface area (Å²) in [4.78, 5) is 22.7. The van der Waals surface area contributed by atoms with E-state index in [1.54, 1.807) is 0 Å². The minimum Gasteiger partial charge on any atom is -0.354 e. The molecule has 0 aliphatic carbocycles. The predicted molar refractivity (Wildman–Crippen MR) is 78.5 cm³/mol. The third-order valence-electron chi connectivity index (χ3n) is 3.35. The van der Waals surface area contributed by atoms with Gasteiger partial charge in [-0.2, -0.15) is 0 Å². The SMILES string of the molecule is Cc1c(NN)nc(C(C)C)nc1N1CCCNC(=O)C1. The van der Waals surface area contributed by atoms with Gasteiger partial charge in [0, 0.05) is 24.6 Å². The van der Waals surface area contributed by atoms with Crippen LogP contribution < -0.4 is 21.5 Å². The van der Waals surface area contributed by atoms with Gasteiger partial charge in [-0.05, 0) is 13.3 Å². The molecule has 1 aliphatic rings. The number of hydrogen-bond acceptors (Lipinski definition) is 6. The van der Waals surface area contributed by atoms with Crippen LogP contribution in [0.15, 0.2) is 0 Å². The summed E-state index contributed by atoms with van der Waals surface area (Å²) >= 11 is 0. The molecule has 7 heteroatoms. The van der Waals surface area contributed by atoms with E-state index in [0.29, 0.717) is 18.9 Å². The van der Waals surface area contributed by atoms with Gasteiger partial charge in [-0.1, -0.05) is 13.8 Å². The minimum absolute atomic E-state index is 0.0221. The van der Waals surface area contributed by atoms with Gasteiger partial charge in [0.15, 0.2) is 0 Å². The summed E-state index contributed by atoms with van der Waals surface area (Å²) in [6.45, 7) is 7.79. The van der Waals surface area contributed by atoms with Crippen molar-refractivity contribution in [3.8, 4) is 0 Å². The minimum atomic E-state index is 0.0221. The van der Waals surface area contributed by atoms with E-state index >= 15 is 0 Å². The average Bonchev–Trinajstić information content (AvgIpc) is 2.63. The smallest absolute Gasteiger partial charge is 0.239 e. The topological polar surface area (TPSA) is 96.2 Å². The third kappa shape index (κ3) is 2.98. The zero-order chi connectivity index (χ0) is 14.7. The first-order valence-electron chi connectivity index (χ1n) is 6.89. The molecule has 4 N–H and O–H groups in total. The Morgan fingerprint density at radius 3 is 2.80 bits per heavy atom. The molecule has 2 heterocycles. The summed E-state index contributed by atoms with van der Waals surface area (Å²) in [7, 11) is 0. The first-order valence-corrected chi connectivity index (χ1v) is 6.89. The number of anilines is 2. The van der Waals surface area contributed by atoms with Crippen LogP contribution in [0.4, 0.5) is 11.6 Å². The zero-order valence-electron chi connectivity index (χ0n) is 12.2. The number of amides is 1. The molecule has 1 saturated heterocycles. The van der Waals surface area contributed by atoms with E-state index in [1.807, 2.05) is 25.7 Å². The van der Waals surface area contributed by atoms with Crippen LogP contribution in [-0.2, 0) is 4.79 Å². The Balaban J connectivity index is 2.42. The fourth-order valence-electron chi connectivity index (χ4n) is 2.22. The molecule has 2 rings (SSSR count). The second-order valence-electron chi connectivity index (χ2n) is 5.30. The van der Waals surface area contributed by atoms with E-state index in [-0.39, 0.29) is 11.8 Å². The Morgan fingerprint density at radius 1 is 1.40 bits per heavy atom. The number of aromatic nitrogens is 2. The van der Waals surface area contributed by atoms with E-state index in [1.165, 1.54) is 0 Å². The van der Waals surface area contributed by atoms with E-state index in [9.17, 15) is 4.79 Å². The summed E-state index contributed by atoms with van der Waals surface area (Å²) < 4.78 is 0. The number of hydrazine groups is 1. The molecule has 7 nitrogen and oxygen atoms in total. The number of hydrogen-bond donors (Lipinski definition) is 3. The Bertz CT molecular complexity index is 502. The van der Waals surface area contributed by atoms with Crippen LogP contribution in [0.25, 0.3) is 0 Å². The molecule has 0 aromatic carbocycles. The molecular formula is C13H22N6O. The first kappa shape index (κ1) is 14.5. The summed E-state index contributed by atoms with van der Waals surface area (Å²) in [5.41, 5.74) is 3.49. The van der Waals surface area contributed by atoms with Crippen molar-refractivity contribution in [1.82, 2.24) is 15.3 Å². The van der Waals surface area contributed by atoms with Crippen LogP contribution in [-0.4, -0.2) is 35.5 Å². The molecule has 0 bridgehead atoms. The molecule has 0 saturated carbocycles. The normalized spacial score (nSPS) is 16.1. The van der Waals surface area contributed by atoms with E-state index in [2.05, 4.69) is 20.7 Å². The fourth-order valence-corrected chi connectivity index (χ4v) is 2.22. The van der Waals surface area contributed by atoms with Gasteiger partial charge in [-0.25, -0.2) is 15.8 Å². The van der Waals surface area contributed by atoms with Gasteiger partial charge in [0.05, 0.1) is 6.54 Å². The maximum Gasteiger partial charge on any atom is 0.239 e. The monoisotopic (exact) mass is 278 g/mol. The number of nitrogens with one attached hydrogen (secondary N) is 2. The molecule has 1 amide bonds. The highest BCUT2D eigenvalue weighted by Crippen LogP contribution is 2.26. The highest BCUT2D eigenvalue weighted by atomic mass is 16.2. The second kappa shape index (κ2) is 6.04. The first-order chi connectivity index (χ1) is 9.52. The van der Waals surface area contributed by atoms with Crippen molar-refractivity contribution < 1.29 is 4.79 Å². The maximum absolute atomic E-state index is 11.7. The van der Waals surface area contributed by atoms with E-state index < -0.39 is 0 Å². The van der Waals surface area contributed by atoms with Crippen molar-refractivity contribution in [3.05, 3.63) is 11.4 Å². The predicted octanol–water partition coefficient (Wildman–Crippen LogP) is 0.520. The van der Waals surface area contributed by atoms with Crippen LogP contribution in [0.2, 0.25) is 0 Å². The van der Waals surface area contributed by atoms with Crippen LogP contribution >= 0.6 is 0 Å². The maximum atomic E-state index is 11.7. The molecule has 1 fully saturated rings. The van der Waals surface area contributed by atoms with Gasteiger partial charge in [-0.3, -0.25) is 4.79 Å². The van der Waals surface area contributed by atoms with Crippen molar-refractivity contribution in [2.24, 2.45) is 5.84 Å². The van der Waals surface area contributed by atoms with Gasteiger partial charge in [0.2, 0.25) is 5.91 Å².